The van der Waals surface area contributed by atoms with Crippen LogP contribution in [0.15, 0.2) is 24.3 Å². The van der Waals surface area contributed by atoms with Gasteiger partial charge in [0.05, 0.1) is 13.2 Å². The fourth-order valence-electron chi connectivity index (χ4n) is 2.39. The van der Waals surface area contributed by atoms with Crippen LogP contribution in [0.1, 0.15) is 63.9 Å². The molecule has 0 aliphatic heterocycles. The third kappa shape index (κ3) is 11.2. The predicted molar refractivity (Wildman–Crippen MR) is 96.1 cm³/mol. The monoisotopic (exact) mass is 322 g/mol. The Kier molecular flexibility index (Phi) is 12.6. The zero-order chi connectivity index (χ0) is 16.6. The van der Waals surface area contributed by atoms with E-state index in [0.717, 1.165) is 44.8 Å². The first-order valence-corrected chi connectivity index (χ1v) is 9.15. The van der Waals surface area contributed by atoms with Gasteiger partial charge in [-0.05, 0) is 37.0 Å². The van der Waals surface area contributed by atoms with E-state index in [-0.39, 0.29) is 0 Å². The predicted octanol–water partition coefficient (Wildman–Crippen LogP) is 5.37. The van der Waals surface area contributed by atoms with Crippen LogP contribution in [0, 0.1) is 0 Å². The summed E-state index contributed by atoms with van der Waals surface area (Å²) >= 11 is 0. The van der Waals surface area contributed by atoms with Crippen LogP contribution in [0.5, 0.6) is 5.75 Å². The zero-order valence-corrected chi connectivity index (χ0v) is 15.0. The van der Waals surface area contributed by atoms with Crippen molar-refractivity contribution in [3.63, 3.8) is 0 Å². The lowest BCUT2D eigenvalue weighted by atomic mass is 10.2. The highest BCUT2D eigenvalue weighted by Gasteiger charge is 1.97. The van der Waals surface area contributed by atoms with Crippen molar-refractivity contribution >= 4 is 0 Å². The van der Waals surface area contributed by atoms with E-state index in [1.54, 1.807) is 7.11 Å². The molecule has 0 aromatic heterocycles. The summed E-state index contributed by atoms with van der Waals surface area (Å²) < 4.78 is 16.5. The van der Waals surface area contributed by atoms with E-state index in [0.29, 0.717) is 6.61 Å². The average molecular weight is 322 g/mol. The van der Waals surface area contributed by atoms with E-state index in [1.807, 2.05) is 12.1 Å². The molecular weight excluding hydrogens is 288 g/mol. The topological polar surface area (TPSA) is 27.7 Å². The van der Waals surface area contributed by atoms with Crippen LogP contribution in [0.2, 0.25) is 0 Å². The van der Waals surface area contributed by atoms with Crippen LogP contribution in [-0.4, -0.2) is 26.9 Å². The van der Waals surface area contributed by atoms with Crippen molar-refractivity contribution in [2.75, 3.05) is 26.9 Å². The molecule has 0 radical (unpaired) electrons. The minimum Gasteiger partial charge on any atom is -0.494 e. The molecule has 0 atom stereocenters. The zero-order valence-electron chi connectivity index (χ0n) is 15.0. The Morgan fingerprint density at radius 2 is 1.39 bits per heavy atom. The van der Waals surface area contributed by atoms with E-state index in [1.165, 1.54) is 37.7 Å². The number of ether oxygens (including phenoxy) is 3. The molecule has 23 heavy (non-hydrogen) atoms. The third-order valence-electron chi connectivity index (χ3n) is 3.85. The second-order valence-corrected chi connectivity index (χ2v) is 6.01. The van der Waals surface area contributed by atoms with Crippen LogP contribution >= 0.6 is 0 Å². The van der Waals surface area contributed by atoms with Gasteiger partial charge in [0, 0.05) is 20.3 Å². The third-order valence-corrected chi connectivity index (χ3v) is 3.85. The number of benzene rings is 1. The first-order valence-electron chi connectivity index (χ1n) is 9.15. The lowest BCUT2D eigenvalue weighted by Gasteiger charge is -2.08. The summed E-state index contributed by atoms with van der Waals surface area (Å²) in [5.41, 5.74) is 1.21. The summed E-state index contributed by atoms with van der Waals surface area (Å²) in [5.74, 6) is 0.961. The molecule has 0 aliphatic carbocycles. The molecule has 1 rings (SSSR count). The standard InChI is InChI=1S/C20H34O3/c1-3-4-5-10-17-23-20-13-11-19(12-14-20)18-22-16-9-7-6-8-15-21-2/h11-14H,3-10,15-18H2,1-2H3. The van der Waals surface area contributed by atoms with Gasteiger partial charge in [0.15, 0.2) is 0 Å². The fourth-order valence-corrected chi connectivity index (χ4v) is 2.39. The first-order chi connectivity index (χ1) is 11.4. The van der Waals surface area contributed by atoms with Crippen molar-refractivity contribution in [2.45, 2.75) is 64.9 Å². The molecule has 0 saturated carbocycles. The maximum Gasteiger partial charge on any atom is 0.119 e. The Balaban J connectivity index is 2.03. The van der Waals surface area contributed by atoms with Gasteiger partial charge in [-0.2, -0.15) is 0 Å². The summed E-state index contributed by atoms with van der Waals surface area (Å²) in [5, 5.41) is 0. The Hall–Kier alpha value is -1.06. The van der Waals surface area contributed by atoms with Crippen LogP contribution < -0.4 is 4.74 Å². The molecule has 1 aromatic carbocycles. The van der Waals surface area contributed by atoms with Gasteiger partial charge in [-0.15, -0.1) is 0 Å². The molecule has 0 heterocycles. The molecule has 0 unspecified atom stereocenters. The van der Waals surface area contributed by atoms with Crippen LogP contribution in [0.25, 0.3) is 0 Å². The first kappa shape index (κ1) is 20.0. The minimum absolute atomic E-state index is 0.689. The molecule has 3 heteroatoms. The molecular formula is C20H34O3. The lowest BCUT2D eigenvalue weighted by Crippen LogP contribution is -1.98. The average Bonchev–Trinajstić information content (AvgIpc) is 2.58. The van der Waals surface area contributed by atoms with Gasteiger partial charge < -0.3 is 14.2 Å². The Morgan fingerprint density at radius 3 is 2.09 bits per heavy atom. The summed E-state index contributed by atoms with van der Waals surface area (Å²) in [6.45, 7) is 5.44. The van der Waals surface area contributed by atoms with Crippen molar-refractivity contribution in [1.29, 1.82) is 0 Å². The molecule has 0 bridgehead atoms. The normalized spacial score (nSPS) is 10.9. The SMILES string of the molecule is CCCCCCOc1ccc(COCCCCCCOC)cc1. The summed E-state index contributed by atoms with van der Waals surface area (Å²) in [4.78, 5) is 0. The van der Waals surface area contributed by atoms with E-state index in [9.17, 15) is 0 Å². The van der Waals surface area contributed by atoms with Crippen LogP contribution in [0.4, 0.5) is 0 Å². The van der Waals surface area contributed by atoms with Gasteiger partial charge in [-0.1, -0.05) is 51.2 Å². The number of methoxy groups -OCH3 is 1. The van der Waals surface area contributed by atoms with Crippen molar-refractivity contribution in [3.05, 3.63) is 29.8 Å². The van der Waals surface area contributed by atoms with Gasteiger partial charge in [-0.3, -0.25) is 0 Å². The van der Waals surface area contributed by atoms with Crippen LogP contribution in [0.3, 0.4) is 0 Å². The van der Waals surface area contributed by atoms with Gasteiger partial charge in [-0.25, -0.2) is 0 Å². The molecule has 0 fully saturated rings. The van der Waals surface area contributed by atoms with E-state index >= 15 is 0 Å². The molecule has 132 valence electrons. The number of unbranched alkanes of at least 4 members (excludes halogenated alkanes) is 6. The highest BCUT2D eigenvalue weighted by atomic mass is 16.5. The number of hydrogen-bond donors (Lipinski definition) is 0. The molecule has 0 aliphatic rings. The molecule has 0 N–H and O–H groups in total. The van der Waals surface area contributed by atoms with E-state index in [2.05, 4.69) is 19.1 Å². The number of hydrogen-bond acceptors (Lipinski definition) is 3. The van der Waals surface area contributed by atoms with Gasteiger partial charge >= 0.3 is 0 Å². The Morgan fingerprint density at radius 1 is 0.739 bits per heavy atom. The highest BCUT2D eigenvalue weighted by molar-refractivity contribution is 5.26. The molecule has 0 saturated heterocycles. The minimum atomic E-state index is 0.689. The van der Waals surface area contributed by atoms with Crippen molar-refractivity contribution in [2.24, 2.45) is 0 Å². The van der Waals surface area contributed by atoms with Crippen molar-refractivity contribution in [3.8, 4) is 5.75 Å². The van der Waals surface area contributed by atoms with E-state index in [4.69, 9.17) is 14.2 Å². The molecule has 3 nitrogen and oxygen atoms in total. The maximum absolute atomic E-state index is 5.75. The summed E-state index contributed by atoms with van der Waals surface area (Å²) in [6.07, 6.45) is 9.68. The Labute approximate surface area is 142 Å². The summed E-state index contributed by atoms with van der Waals surface area (Å²) in [6, 6.07) is 8.28. The largest absolute Gasteiger partial charge is 0.494 e. The van der Waals surface area contributed by atoms with E-state index < -0.39 is 0 Å². The van der Waals surface area contributed by atoms with Crippen LogP contribution in [-0.2, 0) is 16.1 Å². The second-order valence-electron chi connectivity index (χ2n) is 6.01. The maximum atomic E-state index is 5.75. The highest BCUT2D eigenvalue weighted by Crippen LogP contribution is 2.14. The fraction of sp³-hybridized carbons (Fsp3) is 0.700. The summed E-state index contributed by atoms with van der Waals surface area (Å²) in [7, 11) is 1.76. The Bertz CT molecular complexity index is 362. The molecule has 1 aromatic rings. The van der Waals surface area contributed by atoms with Gasteiger partial charge in [0.25, 0.3) is 0 Å². The lowest BCUT2D eigenvalue weighted by molar-refractivity contribution is 0.115. The van der Waals surface area contributed by atoms with Crippen molar-refractivity contribution < 1.29 is 14.2 Å². The smallest absolute Gasteiger partial charge is 0.119 e. The van der Waals surface area contributed by atoms with Gasteiger partial charge in [0.1, 0.15) is 5.75 Å². The molecule has 0 amide bonds. The number of rotatable bonds is 15. The van der Waals surface area contributed by atoms with Gasteiger partial charge in [0.2, 0.25) is 0 Å². The second kappa shape index (κ2) is 14.5. The van der Waals surface area contributed by atoms with Crippen molar-refractivity contribution in [1.82, 2.24) is 0 Å². The quantitative estimate of drug-likeness (QED) is 0.406. The molecule has 0 spiro atoms.